The summed E-state index contributed by atoms with van der Waals surface area (Å²) in [4.78, 5) is 11.1. The first-order valence-corrected chi connectivity index (χ1v) is 5.11. The zero-order valence-electron chi connectivity index (χ0n) is 8.91. The van der Waals surface area contributed by atoms with Gasteiger partial charge in [0.05, 0.1) is 6.61 Å². The number of carbonyl (C=O) groups is 1. The second kappa shape index (κ2) is 5.55. The third-order valence-corrected chi connectivity index (χ3v) is 2.55. The molecule has 94 valence electrons. The number of rotatable bonds is 3. The van der Waals surface area contributed by atoms with Crippen LogP contribution in [0.2, 0.25) is 0 Å². The van der Waals surface area contributed by atoms with Gasteiger partial charge in [-0.3, -0.25) is 4.79 Å². The second-order valence-corrected chi connectivity index (χ2v) is 3.68. The van der Waals surface area contributed by atoms with Gasteiger partial charge in [0, 0.05) is 6.42 Å². The van der Waals surface area contributed by atoms with Gasteiger partial charge in [0.15, 0.2) is 6.29 Å². The summed E-state index contributed by atoms with van der Waals surface area (Å²) in [6.07, 6.45) is -5.05. The summed E-state index contributed by atoms with van der Waals surface area (Å²) in [6, 6.07) is -1.09. The van der Waals surface area contributed by atoms with Crippen LogP contribution in [0, 0.1) is 0 Å². The normalized spacial score (nSPS) is 39.4. The Hall–Kier alpha value is -0.730. The standard InChI is InChI=1S/C9H17NO6/c1-2-5(12)10-6-8(14)7(13)4(3-11)16-9(6)15/h4,6-9,11,13-15H,2-3H2,1H3,(H,10,12)/t4?,6?,7-,8-,9?/m1/s1. The molecule has 1 rings (SSSR count). The smallest absolute Gasteiger partial charge is 0.220 e. The Labute approximate surface area is 92.7 Å². The Bertz CT molecular complexity index is 248. The maximum Gasteiger partial charge on any atom is 0.220 e. The number of aliphatic hydroxyl groups excluding tert-OH is 4. The van der Waals surface area contributed by atoms with Crippen molar-refractivity contribution in [1.29, 1.82) is 0 Å². The first-order chi connectivity index (χ1) is 7.51. The van der Waals surface area contributed by atoms with Crippen LogP contribution in [0.3, 0.4) is 0 Å². The van der Waals surface area contributed by atoms with Gasteiger partial charge in [-0.25, -0.2) is 0 Å². The molecular weight excluding hydrogens is 218 g/mol. The summed E-state index contributed by atoms with van der Waals surface area (Å²) in [5, 5.41) is 39.8. The Balaban J connectivity index is 2.67. The van der Waals surface area contributed by atoms with Crippen molar-refractivity contribution in [2.24, 2.45) is 0 Å². The molecule has 0 saturated carbocycles. The molecule has 1 fully saturated rings. The number of ether oxygens (including phenoxy) is 1. The predicted octanol–water partition coefficient (Wildman–Crippen LogP) is -2.69. The van der Waals surface area contributed by atoms with Gasteiger partial charge >= 0.3 is 0 Å². The Morgan fingerprint density at radius 2 is 1.94 bits per heavy atom. The van der Waals surface area contributed by atoms with Crippen LogP contribution in [0.25, 0.3) is 0 Å². The van der Waals surface area contributed by atoms with E-state index in [2.05, 4.69) is 5.32 Å². The highest BCUT2D eigenvalue weighted by atomic mass is 16.6. The van der Waals surface area contributed by atoms with E-state index in [-0.39, 0.29) is 12.3 Å². The lowest BCUT2D eigenvalue weighted by atomic mass is 9.97. The summed E-state index contributed by atoms with van der Waals surface area (Å²) < 4.78 is 4.86. The van der Waals surface area contributed by atoms with Crippen molar-refractivity contribution in [3.63, 3.8) is 0 Å². The molecule has 0 bridgehead atoms. The highest BCUT2D eigenvalue weighted by Gasteiger charge is 2.44. The van der Waals surface area contributed by atoms with E-state index >= 15 is 0 Å². The average molecular weight is 235 g/mol. The predicted molar refractivity (Wildman–Crippen MR) is 52.2 cm³/mol. The van der Waals surface area contributed by atoms with Crippen molar-refractivity contribution in [3.8, 4) is 0 Å². The van der Waals surface area contributed by atoms with Gasteiger partial charge in [-0.15, -0.1) is 0 Å². The Morgan fingerprint density at radius 3 is 2.44 bits per heavy atom. The number of carbonyl (C=O) groups excluding carboxylic acids is 1. The lowest BCUT2D eigenvalue weighted by Gasteiger charge is -2.40. The van der Waals surface area contributed by atoms with Crippen molar-refractivity contribution in [3.05, 3.63) is 0 Å². The van der Waals surface area contributed by atoms with E-state index in [1.165, 1.54) is 0 Å². The molecule has 3 unspecified atom stereocenters. The highest BCUT2D eigenvalue weighted by Crippen LogP contribution is 2.19. The fourth-order valence-corrected chi connectivity index (χ4v) is 1.54. The van der Waals surface area contributed by atoms with Gasteiger partial charge in [-0.05, 0) is 0 Å². The Kier molecular flexibility index (Phi) is 4.63. The topological polar surface area (TPSA) is 119 Å². The van der Waals surface area contributed by atoms with Crippen LogP contribution in [-0.2, 0) is 9.53 Å². The molecule has 1 heterocycles. The number of hydrogen-bond acceptors (Lipinski definition) is 6. The molecule has 1 aliphatic heterocycles. The molecule has 7 heteroatoms. The summed E-state index contributed by atoms with van der Waals surface area (Å²) in [5.74, 6) is -0.374. The maximum absolute atomic E-state index is 11.1. The number of amides is 1. The highest BCUT2D eigenvalue weighted by molar-refractivity contribution is 5.76. The first kappa shape index (κ1) is 13.3. The maximum atomic E-state index is 11.1. The van der Waals surface area contributed by atoms with E-state index in [1.807, 2.05) is 0 Å². The van der Waals surface area contributed by atoms with Crippen LogP contribution < -0.4 is 5.32 Å². The van der Waals surface area contributed by atoms with Gasteiger partial charge in [0.25, 0.3) is 0 Å². The van der Waals surface area contributed by atoms with Crippen molar-refractivity contribution >= 4 is 5.91 Å². The van der Waals surface area contributed by atoms with Gasteiger partial charge in [-0.1, -0.05) is 6.92 Å². The minimum absolute atomic E-state index is 0.190. The van der Waals surface area contributed by atoms with E-state index in [0.717, 1.165) is 0 Å². The molecule has 1 saturated heterocycles. The molecule has 0 aromatic rings. The van der Waals surface area contributed by atoms with Crippen molar-refractivity contribution in [2.75, 3.05) is 6.61 Å². The molecule has 0 spiro atoms. The minimum atomic E-state index is -1.45. The second-order valence-electron chi connectivity index (χ2n) is 3.68. The van der Waals surface area contributed by atoms with Crippen LogP contribution in [0.4, 0.5) is 0 Å². The molecular formula is C9H17NO6. The summed E-state index contributed by atoms with van der Waals surface area (Å²) in [5.41, 5.74) is 0. The van der Waals surface area contributed by atoms with E-state index in [1.54, 1.807) is 6.92 Å². The molecule has 5 atom stereocenters. The first-order valence-electron chi connectivity index (χ1n) is 5.11. The van der Waals surface area contributed by atoms with Crippen LogP contribution in [0.1, 0.15) is 13.3 Å². The van der Waals surface area contributed by atoms with E-state index in [0.29, 0.717) is 0 Å². The molecule has 0 radical (unpaired) electrons. The largest absolute Gasteiger partial charge is 0.394 e. The number of hydrogen-bond donors (Lipinski definition) is 5. The fraction of sp³-hybridized carbons (Fsp3) is 0.889. The van der Waals surface area contributed by atoms with E-state index in [9.17, 15) is 20.1 Å². The third kappa shape index (κ3) is 2.69. The van der Waals surface area contributed by atoms with Crippen LogP contribution in [-0.4, -0.2) is 63.6 Å². The monoisotopic (exact) mass is 235 g/mol. The molecule has 0 aliphatic carbocycles. The van der Waals surface area contributed by atoms with Crippen molar-refractivity contribution in [1.82, 2.24) is 5.32 Å². The molecule has 0 aromatic carbocycles. The third-order valence-electron chi connectivity index (χ3n) is 2.55. The van der Waals surface area contributed by atoms with Gasteiger partial charge in [0.2, 0.25) is 5.91 Å². The molecule has 5 N–H and O–H groups in total. The fourth-order valence-electron chi connectivity index (χ4n) is 1.54. The van der Waals surface area contributed by atoms with E-state index in [4.69, 9.17) is 9.84 Å². The summed E-state index contributed by atoms with van der Waals surface area (Å²) >= 11 is 0. The minimum Gasteiger partial charge on any atom is -0.394 e. The van der Waals surface area contributed by atoms with Crippen molar-refractivity contribution in [2.45, 2.75) is 44.0 Å². The average Bonchev–Trinajstić information content (AvgIpc) is 2.28. The van der Waals surface area contributed by atoms with Crippen LogP contribution >= 0.6 is 0 Å². The Morgan fingerprint density at radius 1 is 1.31 bits per heavy atom. The summed E-state index contributed by atoms with van der Waals surface area (Å²) in [7, 11) is 0. The van der Waals surface area contributed by atoms with Gasteiger partial charge < -0.3 is 30.5 Å². The zero-order valence-corrected chi connectivity index (χ0v) is 8.91. The quantitative estimate of drug-likeness (QED) is 0.363. The van der Waals surface area contributed by atoms with Gasteiger partial charge in [-0.2, -0.15) is 0 Å². The molecule has 1 amide bonds. The lowest BCUT2D eigenvalue weighted by molar-refractivity contribution is -0.253. The van der Waals surface area contributed by atoms with E-state index < -0.39 is 37.3 Å². The summed E-state index contributed by atoms with van der Waals surface area (Å²) in [6.45, 7) is 1.09. The molecule has 16 heavy (non-hydrogen) atoms. The zero-order chi connectivity index (χ0) is 12.3. The molecule has 7 nitrogen and oxygen atoms in total. The molecule has 0 aromatic heterocycles. The number of aliphatic hydroxyl groups is 4. The van der Waals surface area contributed by atoms with Gasteiger partial charge in [0.1, 0.15) is 24.4 Å². The number of nitrogens with one attached hydrogen (secondary N) is 1. The molecule has 1 aliphatic rings. The SMILES string of the molecule is CCC(=O)NC1C(O)OC(CO)[C@@H](O)[C@@H]1O. The van der Waals surface area contributed by atoms with Crippen LogP contribution in [0.5, 0.6) is 0 Å². The van der Waals surface area contributed by atoms with Crippen molar-refractivity contribution < 1.29 is 30.0 Å². The van der Waals surface area contributed by atoms with Crippen LogP contribution in [0.15, 0.2) is 0 Å². The lowest BCUT2D eigenvalue weighted by Crippen LogP contribution is -2.64.